The molecule has 30 heavy (non-hydrogen) atoms. The number of hydrogen-bond acceptors (Lipinski definition) is 3. The van der Waals surface area contributed by atoms with Crippen LogP contribution in [0.25, 0.3) is 0 Å². The predicted molar refractivity (Wildman–Crippen MR) is 118 cm³/mol. The van der Waals surface area contributed by atoms with E-state index in [1.54, 1.807) is 0 Å². The fraction of sp³-hybridized carbons (Fsp3) is 1.00. The van der Waals surface area contributed by atoms with E-state index in [1.165, 1.54) is 44.9 Å². The fourth-order valence-electron chi connectivity index (χ4n) is 10.3. The number of aliphatic hydroxyl groups is 1. The molecule has 2 aliphatic heterocycles. The van der Waals surface area contributed by atoms with E-state index >= 15 is 0 Å². The van der Waals surface area contributed by atoms with E-state index < -0.39 is 0 Å². The zero-order valence-electron chi connectivity index (χ0n) is 19.7. The molecule has 6 aliphatic rings. The van der Waals surface area contributed by atoms with E-state index in [0.717, 1.165) is 49.5 Å². The van der Waals surface area contributed by atoms with Crippen LogP contribution in [0.15, 0.2) is 0 Å². The van der Waals surface area contributed by atoms with Crippen LogP contribution in [-0.4, -0.2) is 29.7 Å². The highest BCUT2D eigenvalue weighted by Gasteiger charge is 2.69. The first-order valence-corrected chi connectivity index (χ1v) is 13.3. The van der Waals surface area contributed by atoms with Gasteiger partial charge >= 0.3 is 0 Å². The van der Waals surface area contributed by atoms with Crippen molar-refractivity contribution in [2.45, 2.75) is 110 Å². The molecule has 3 nitrogen and oxygen atoms in total. The van der Waals surface area contributed by atoms with Gasteiger partial charge < -0.3 is 14.6 Å². The Morgan fingerprint density at radius 2 is 1.63 bits per heavy atom. The van der Waals surface area contributed by atoms with Gasteiger partial charge in [0.05, 0.1) is 18.8 Å². The van der Waals surface area contributed by atoms with Gasteiger partial charge in [-0.2, -0.15) is 0 Å². The second kappa shape index (κ2) is 6.70. The Morgan fingerprint density at radius 3 is 2.40 bits per heavy atom. The van der Waals surface area contributed by atoms with Crippen LogP contribution in [-0.2, 0) is 9.47 Å². The van der Waals surface area contributed by atoms with Crippen LogP contribution in [0, 0.1) is 52.3 Å². The largest absolute Gasteiger partial charge is 0.393 e. The molecule has 1 N–H and O–H groups in total. The summed E-state index contributed by atoms with van der Waals surface area (Å²) in [6.45, 7) is 10.9. The summed E-state index contributed by atoms with van der Waals surface area (Å²) in [5.41, 5.74) is 0.899. The zero-order valence-corrected chi connectivity index (χ0v) is 19.7. The van der Waals surface area contributed by atoms with E-state index in [-0.39, 0.29) is 11.9 Å². The number of fused-ring (bicyclic) bond motifs is 7. The highest BCUT2D eigenvalue weighted by Crippen LogP contribution is 2.71. The monoisotopic (exact) mass is 416 g/mol. The number of ether oxygens (including phenoxy) is 2. The van der Waals surface area contributed by atoms with Crippen LogP contribution in [0.2, 0.25) is 0 Å². The molecule has 0 aromatic rings. The summed E-state index contributed by atoms with van der Waals surface area (Å²) in [7, 11) is 0. The van der Waals surface area contributed by atoms with E-state index in [1.807, 2.05) is 0 Å². The van der Waals surface area contributed by atoms with Crippen LogP contribution in [0.1, 0.15) is 91.9 Å². The van der Waals surface area contributed by atoms with Crippen molar-refractivity contribution >= 4 is 0 Å². The Morgan fingerprint density at radius 1 is 0.833 bits per heavy atom. The molecule has 0 aromatic heterocycles. The molecule has 6 unspecified atom stereocenters. The first-order valence-electron chi connectivity index (χ1n) is 13.3. The highest BCUT2D eigenvalue weighted by atomic mass is 16.7. The maximum atomic E-state index is 10.3. The first kappa shape index (κ1) is 20.5. The van der Waals surface area contributed by atoms with Gasteiger partial charge in [0.2, 0.25) is 0 Å². The van der Waals surface area contributed by atoms with Gasteiger partial charge in [0.15, 0.2) is 5.79 Å². The van der Waals surface area contributed by atoms with Gasteiger partial charge in [0.1, 0.15) is 0 Å². The lowest BCUT2D eigenvalue weighted by Gasteiger charge is -2.61. The third kappa shape index (κ3) is 2.61. The molecule has 6 fully saturated rings. The van der Waals surface area contributed by atoms with E-state index in [2.05, 4.69) is 27.7 Å². The Balaban J connectivity index is 1.26. The minimum Gasteiger partial charge on any atom is -0.393 e. The summed E-state index contributed by atoms with van der Waals surface area (Å²) in [6, 6.07) is 0. The summed E-state index contributed by atoms with van der Waals surface area (Å²) in [5, 5.41) is 10.3. The Bertz CT molecular complexity index is 684. The minimum atomic E-state index is -0.282. The van der Waals surface area contributed by atoms with Gasteiger partial charge in [-0.15, -0.1) is 0 Å². The van der Waals surface area contributed by atoms with Gasteiger partial charge in [-0.05, 0) is 104 Å². The lowest BCUT2D eigenvalue weighted by molar-refractivity contribution is -0.273. The molecule has 170 valence electrons. The number of hydrogen-bond donors (Lipinski definition) is 1. The maximum Gasteiger partial charge on any atom is 0.171 e. The molecule has 12 atom stereocenters. The molecule has 3 heteroatoms. The fourth-order valence-corrected chi connectivity index (χ4v) is 10.3. The maximum absolute atomic E-state index is 10.3. The minimum absolute atomic E-state index is 0.0389. The van der Waals surface area contributed by atoms with Gasteiger partial charge in [-0.25, -0.2) is 0 Å². The van der Waals surface area contributed by atoms with Crippen molar-refractivity contribution in [2.75, 3.05) is 6.61 Å². The average Bonchev–Trinajstić information content (AvgIpc) is 3.16. The van der Waals surface area contributed by atoms with Crippen molar-refractivity contribution in [3.63, 3.8) is 0 Å². The zero-order chi connectivity index (χ0) is 20.9. The summed E-state index contributed by atoms with van der Waals surface area (Å²) in [4.78, 5) is 0. The molecule has 2 heterocycles. The molecule has 0 radical (unpaired) electrons. The van der Waals surface area contributed by atoms with Crippen molar-refractivity contribution in [2.24, 2.45) is 52.3 Å². The number of aliphatic hydroxyl groups excluding tert-OH is 1. The predicted octanol–water partition coefficient (Wildman–Crippen LogP) is 5.79. The van der Waals surface area contributed by atoms with Gasteiger partial charge in [0, 0.05) is 12.3 Å². The molecule has 0 bridgehead atoms. The van der Waals surface area contributed by atoms with Crippen LogP contribution in [0.3, 0.4) is 0 Å². The average molecular weight is 417 g/mol. The normalized spacial score (nSPS) is 62.5. The molecule has 6 rings (SSSR count). The standard InChI is InChI=1S/C27H44O3/c1-16-7-12-27(29-15-16)17(2)24-23(30-27)14-22-20-6-5-18-13-19(28)8-10-25(18,3)21(20)9-11-26(22,24)4/h16-24,28H,5-15H2,1-4H3/t16-,17-,18+,19-,20+,21?,22?,23?,24?,25-,26?,27?/m0/s1. The molecule has 2 saturated heterocycles. The summed E-state index contributed by atoms with van der Waals surface area (Å²) in [6.07, 6.45) is 12.9. The smallest absolute Gasteiger partial charge is 0.171 e. The second-order valence-corrected chi connectivity index (χ2v) is 13.1. The highest BCUT2D eigenvalue weighted by molar-refractivity contribution is 5.15. The lowest BCUT2D eigenvalue weighted by atomic mass is 9.44. The van der Waals surface area contributed by atoms with Crippen molar-refractivity contribution in [1.82, 2.24) is 0 Å². The Kier molecular flexibility index (Phi) is 4.58. The SMILES string of the molecule is C[C@H]1CCC2(OC1)OC1CC3[C@@H]4CC[C@@H]5C[C@@H](O)CC[C@]5(C)C4CCC3(C)C1[C@@H]2C. The van der Waals surface area contributed by atoms with Crippen LogP contribution < -0.4 is 0 Å². The lowest BCUT2D eigenvalue weighted by Crippen LogP contribution is -2.55. The molecule has 4 aliphatic carbocycles. The molecule has 0 amide bonds. The summed E-state index contributed by atoms with van der Waals surface area (Å²) < 4.78 is 13.4. The molecule has 1 spiro atoms. The Labute approximate surface area is 183 Å². The summed E-state index contributed by atoms with van der Waals surface area (Å²) >= 11 is 0. The van der Waals surface area contributed by atoms with Crippen molar-refractivity contribution in [1.29, 1.82) is 0 Å². The second-order valence-electron chi connectivity index (χ2n) is 13.1. The molecular weight excluding hydrogens is 372 g/mol. The quantitative estimate of drug-likeness (QED) is 0.543. The first-order chi connectivity index (χ1) is 14.3. The van der Waals surface area contributed by atoms with E-state index in [9.17, 15) is 5.11 Å². The van der Waals surface area contributed by atoms with Crippen molar-refractivity contribution in [3.05, 3.63) is 0 Å². The van der Waals surface area contributed by atoms with Crippen LogP contribution in [0.5, 0.6) is 0 Å². The summed E-state index contributed by atoms with van der Waals surface area (Å²) in [5.74, 6) is 4.93. The molecule has 0 aromatic carbocycles. The number of rotatable bonds is 0. The van der Waals surface area contributed by atoms with Crippen LogP contribution >= 0.6 is 0 Å². The van der Waals surface area contributed by atoms with E-state index in [0.29, 0.717) is 34.7 Å². The van der Waals surface area contributed by atoms with Gasteiger partial charge in [0.25, 0.3) is 0 Å². The molecular formula is C27H44O3. The Hall–Kier alpha value is -0.120. The topological polar surface area (TPSA) is 38.7 Å². The molecule has 4 saturated carbocycles. The van der Waals surface area contributed by atoms with E-state index in [4.69, 9.17) is 9.47 Å². The van der Waals surface area contributed by atoms with Crippen molar-refractivity contribution < 1.29 is 14.6 Å². The van der Waals surface area contributed by atoms with Gasteiger partial charge in [-0.3, -0.25) is 0 Å². The van der Waals surface area contributed by atoms with Crippen molar-refractivity contribution in [3.8, 4) is 0 Å². The van der Waals surface area contributed by atoms with Gasteiger partial charge in [-0.1, -0.05) is 27.7 Å². The third-order valence-corrected chi connectivity index (χ3v) is 11.9. The van der Waals surface area contributed by atoms with Crippen LogP contribution in [0.4, 0.5) is 0 Å². The third-order valence-electron chi connectivity index (χ3n) is 11.9.